The van der Waals surface area contributed by atoms with Crippen molar-refractivity contribution in [1.82, 2.24) is 5.32 Å². The van der Waals surface area contributed by atoms with Crippen molar-refractivity contribution in [3.05, 3.63) is 33.8 Å². The van der Waals surface area contributed by atoms with E-state index in [0.717, 1.165) is 10.0 Å². The second-order valence-electron chi connectivity index (χ2n) is 5.14. The molecule has 0 spiro atoms. The Morgan fingerprint density at radius 1 is 1.42 bits per heavy atom. The number of hydrogen-bond donors (Lipinski definition) is 1. The van der Waals surface area contributed by atoms with Gasteiger partial charge in [0.25, 0.3) is 0 Å². The highest BCUT2D eigenvalue weighted by atomic mass is 79.9. The lowest BCUT2D eigenvalue weighted by Crippen LogP contribution is -2.32. The second kappa shape index (κ2) is 6.63. The van der Waals surface area contributed by atoms with Crippen LogP contribution in [0.2, 0.25) is 0 Å². The van der Waals surface area contributed by atoms with E-state index in [2.05, 4.69) is 33.1 Å². The molecule has 19 heavy (non-hydrogen) atoms. The van der Waals surface area contributed by atoms with Crippen molar-refractivity contribution in [3.8, 4) is 11.8 Å². The van der Waals surface area contributed by atoms with Crippen molar-refractivity contribution in [2.75, 3.05) is 6.54 Å². The lowest BCUT2D eigenvalue weighted by atomic mass is 10.1. The van der Waals surface area contributed by atoms with E-state index >= 15 is 0 Å². The molecule has 0 unspecified atom stereocenters. The van der Waals surface area contributed by atoms with Crippen LogP contribution in [0.15, 0.2) is 22.7 Å². The van der Waals surface area contributed by atoms with Crippen LogP contribution in [0.1, 0.15) is 31.9 Å². The number of alkyl carbamates (subject to hydrolysis) is 1. The number of rotatable bonds is 1. The van der Waals surface area contributed by atoms with Crippen LogP contribution >= 0.6 is 15.9 Å². The van der Waals surface area contributed by atoms with Gasteiger partial charge in [-0.2, -0.15) is 0 Å². The number of carbonyl (C=O) groups is 1. The van der Waals surface area contributed by atoms with Crippen LogP contribution in [-0.4, -0.2) is 18.2 Å². The molecule has 1 amide bonds. The number of amides is 1. The summed E-state index contributed by atoms with van der Waals surface area (Å²) in [5, 5.41) is 2.59. The fraction of sp³-hybridized carbons (Fsp3) is 0.400. The first-order valence-corrected chi connectivity index (χ1v) is 6.79. The van der Waals surface area contributed by atoms with Crippen molar-refractivity contribution < 1.29 is 9.53 Å². The zero-order chi connectivity index (χ0) is 14.5. The molecule has 3 nitrogen and oxygen atoms in total. The molecule has 1 rings (SSSR count). The van der Waals surface area contributed by atoms with Crippen LogP contribution in [0.25, 0.3) is 0 Å². The molecular formula is C15H18BrNO2. The van der Waals surface area contributed by atoms with Crippen molar-refractivity contribution >= 4 is 22.0 Å². The first kappa shape index (κ1) is 15.6. The van der Waals surface area contributed by atoms with Gasteiger partial charge >= 0.3 is 6.09 Å². The number of benzene rings is 1. The summed E-state index contributed by atoms with van der Waals surface area (Å²) < 4.78 is 6.06. The van der Waals surface area contributed by atoms with Crippen LogP contribution in [0.3, 0.4) is 0 Å². The lowest BCUT2D eigenvalue weighted by Gasteiger charge is -2.19. The number of aryl methyl sites for hydroxylation is 1. The minimum absolute atomic E-state index is 0.259. The number of halogens is 1. The Labute approximate surface area is 122 Å². The molecule has 1 aromatic carbocycles. The predicted octanol–water partition coefficient (Wildman–Crippen LogP) is 3.63. The summed E-state index contributed by atoms with van der Waals surface area (Å²) in [4.78, 5) is 11.4. The molecule has 1 aromatic rings. The van der Waals surface area contributed by atoms with Gasteiger partial charge < -0.3 is 10.1 Å². The summed E-state index contributed by atoms with van der Waals surface area (Å²) in [5.74, 6) is 5.88. The third-order valence-electron chi connectivity index (χ3n) is 2.07. The van der Waals surface area contributed by atoms with Gasteiger partial charge in [0, 0.05) is 10.0 Å². The normalized spacial score (nSPS) is 10.4. The summed E-state index contributed by atoms with van der Waals surface area (Å²) in [6, 6.07) is 5.95. The molecule has 0 atom stereocenters. The molecule has 0 aliphatic carbocycles. The average Bonchev–Trinajstić information content (AvgIpc) is 2.24. The van der Waals surface area contributed by atoms with Crippen LogP contribution in [-0.2, 0) is 4.74 Å². The van der Waals surface area contributed by atoms with Gasteiger partial charge in [0.15, 0.2) is 0 Å². The molecule has 1 N–H and O–H groups in total. The molecule has 0 fully saturated rings. The maximum Gasteiger partial charge on any atom is 0.408 e. The Morgan fingerprint density at radius 2 is 2.11 bits per heavy atom. The molecule has 0 saturated carbocycles. The Balaban J connectivity index is 2.50. The average molecular weight is 324 g/mol. The largest absolute Gasteiger partial charge is 0.444 e. The van der Waals surface area contributed by atoms with Crippen molar-refractivity contribution in [1.29, 1.82) is 0 Å². The van der Waals surface area contributed by atoms with E-state index in [9.17, 15) is 4.79 Å². The Bertz CT molecular complexity index is 521. The van der Waals surface area contributed by atoms with E-state index in [4.69, 9.17) is 4.74 Å². The molecule has 0 aliphatic heterocycles. The molecule has 0 bridgehead atoms. The van der Waals surface area contributed by atoms with E-state index in [0.29, 0.717) is 0 Å². The van der Waals surface area contributed by atoms with Crippen LogP contribution in [0, 0.1) is 18.8 Å². The Morgan fingerprint density at radius 3 is 2.68 bits per heavy atom. The van der Waals surface area contributed by atoms with Crippen molar-refractivity contribution in [2.24, 2.45) is 0 Å². The van der Waals surface area contributed by atoms with Crippen LogP contribution in [0.4, 0.5) is 4.79 Å². The van der Waals surface area contributed by atoms with E-state index in [1.807, 2.05) is 45.9 Å². The zero-order valence-electron chi connectivity index (χ0n) is 11.6. The van der Waals surface area contributed by atoms with Crippen molar-refractivity contribution in [2.45, 2.75) is 33.3 Å². The first-order chi connectivity index (χ1) is 8.78. The molecule has 0 heterocycles. The highest BCUT2D eigenvalue weighted by Gasteiger charge is 2.14. The minimum atomic E-state index is -0.489. The predicted molar refractivity (Wildman–Crippen MR) is 80.0 cm³/mol. The zero-order valence-corrected chi connectivity index (χ0v) is 13.2. The summed E-state index contributed by atoms with van der Waals surface area (Å²) in [6.45, 7) is 7.74. The summed E-state index contributed by atoms with van der Waals surface area (Å²) in [7, 11) is 0. The summed E-state index contributed by atoms with van der Waals surface area (Å²) >= 11 is 3.45. The summed E-state index contributed by atoms with van der Waals surface area (Å²) in [6.07, 6.45) is -0.454. The minimum Gasteiger partial charge on any atom is -0.444 e. The summed E-state index contributed by atoms with van der Waals surface area (Å²) in [5.41, 5.74) is 1.58. The monoisotopic (exact) mass is 323 g/mol. The SMILES string of the molecule is Cc1ccc(C#CCNC(=O)OC(C)(C)C)c(Br)c1. The number of ether oxygens (including phenoxy) is 1. The third-order valence-corrected chi connectivity index (χ3v) is 2.72. The highest BCUT2D eigenvalue weighted by Crippen LogP contribution is 2.16. The fourth-order valence-electron chi connectivity index (χ4n) is 1.29. The topological polar surface area (TPSA) is 38.3 Å². The standard InChI is InChI=1S/C15H18BrNO2/c1-11-7-8-12(13(16)10-11)6-5-9-17-14(18)19-15(2,3)4/h7-8,10H,9H2,1-4H3,(H,17,18). The molecule has 0 radical (unpaired) electrons. The Kier molecular flexibility index (Phi) is 5.44. The maximum atomic E-state index is 11.4. The van der Waals surface area contributed by atoms with Gasteiger partial charge in [-0.1, -0.05) is 17.9 Å². The van der Waals surface area contributed by atoms with E-state index in [1.165, 1.54) is 5.56 Å². The van der Waals surface area contributed by atoms with Gasteiger partial charge in [0.05, 0.1) is 6.54 Å². The second-order valence-corrected chi connectivity index (χ2v) is 5.99. The van der Waals surface area contributed by atoms with E-state index < -0.39 is 11.7 Å². The smallest absolute Gasteiger partial charge is 0.408 e. The third kappa shape index (κ3) is 6.30. The molecule has 102 valence electrons. The van der Waals surface area contributed by atoms with Gasteiger partial charge in [-0.3, -0.25) is 0 Å². The Hall–Kier alpha value is -1.47. The van der Waals surface area contributed by atoms with Crippen molar-refractivity contribution in [3.63, 3.8) is 0 Å². The highest BCUT2D eigenvalue weighted by molar-refractivity contribution is 9.10. The maximum absolute atomic E-state index is 11.4. The van der Waals surface area contributed by atoms with E-state index in [-0.39, 0.29) is 6.54 Å². The molecule has 4 heteroatoms. The molecule has 0 aromatic heterocycles. The van der Waals surface area contributed by atoms with Gasteiger partial charge in [-0.05, 0) is 61.3 Å². The van der Waals surface area contributed by atoms with Gasteiger partial charge in [-0.15, -0.1) is 0 Å². The number of hydrogen-bond acceptors (Lipinski definition) is 2. The molecule has 0 aliphatic rings. The van der Waals surface area contributed by atoms with Crippen LogP contribution in [0.5, 0.6) is 0 Å². The number of nitrogens with one attached hydrogen (secondary N) is 1. The number of carbonyl (C=O) groups excluding carboxylic acids is 1. The molecular weight excluding hydrogens is 306 g/mol. The lowest BCUT2D eigenvalue weighted by molar-refractivity contribution is 0.0535. The van der Waals surface area contributed by atoms with Gasteiger partial charge in [0.2, 0.25) is 0 Å². The quantitative estimate of drug-likeness (QED) is 0.801. The first-order valence-electron chi connectivity index (χ1n) is 6.00. The van der Waals surface area contributed by atoms with E-state index in [1.54, 1.807) is 0 Å². The van der Waals surface area contributed by atoms with Gasteiger partial charge in [-0.25, -0.2) is 4.79 Å². The fourth-order valence-corrected chi connectivity index (χ4v) is 1.88. The van der Waals surface area contributed by atoms with Crippen LogP contribution < -0.4 is 5.32 Å². The molecule has 0 saturated heterocycles. The van der Waals surface area contributed by atoms with Gasteiger partial charge in [0.1, 0.15) is 5.60 Å².